The van der Waals surface area contributed by atoms with Crippen LogP contribution in [0.15, 0.2) is 65.1 Å². The van der Waals surface area contributed by atoms with E-state index in [1.54, 1.807) is 0 Å². The molecule has 0 bridgehead atoms. The van der Waals surface area contributed by atoms with E-state index in [-0.39, 0.29) is 0 Å². The lowest BCUT2D eigenvalue weighted by atomic mass is 10.2. The minimum atomic E-state index is 0.477. The lowest BCUT2D eigenvalue weighted by Gasteiger charge is -2.33. The molecule has 1 fully saturated rings. The zero-order chi connectivity index (χ0) is 19.2. The molecule has 6 heteroatoms. The normalized spacial score (nSPS) is 16.0. The molecule has 0 N–H and O–H groups in total. The van der Waals surface area contributed by atoms with Crippen LogP contribution in [0.25, 0.3) is 17.5 Å². The molecule has 2 aromatic carbocycles. The smallest absolute Gasteiger partial charge is 0.249 e. The van der Waals surface area contributed by atoms with Gasteiger partial charge in [-0.15, -0.1) is 10.2 Å². The molecule has 3 aromatic rings. The number of piperazine rings is 1. The van der Waals surface area contributed by atoms with Crippen molar-refractivity contribution in [1.82, 2.24) is 20.0 Å². The maximum atomic E-state index is 6.21. The Bertz CT molecular complexity index is 917. The van der Waals surface area contributed by atoms with Crippen molar-refractivity contribution in [1.29, 1.82) is 0 Å². The van der Waals surface area contributed by atoms with Gasteiger partial charge in [0, 0.05) is 32.7 Å². The van der Waals surface area contributed by atoms with Gasteiger partial charge in [0.2, 0.25) is 11.8 Å². The largest absolute Gasteiger partial charge is 0.419 e. The van der Waals surface area contributed by atoms with E-state index in [4.69, 9.17) is 16.0 Å². The Morgan fingerprint density at radius 2 is 1.61 bits per heavy atom. The van der Waals surface area contributed by atoms with Crippen LogP contribution in [0.4, 0.5) is 0 Å². The first-order valence-electron chi connectivity index (χ1n) is 9.51. The van der Waals surface area contributed by atoms with Crippen LogP contribution in [0.1, 0.15) is 11.5 Å². The molecule has 0 aliphatic carbocycles. The van der Waals surface area contributed by atoms with Crippen LogP contribution in [0.5, 0.6) is 0 Å². The second kappa shape index (κ2) is 9.15. The standard InChI is InChI=1S/C22H23ClN4O/c23-20-11-5-4-10-19(20)22-25-24-21(28-22)17-27-15-13-26(14-16-27)12-6-9-18-7-2-1-3-8-18/h1-11H,12-17H2/b9-6+. The van der Waals surface area contributed by atoms with Crippen LogP contribution >= 0.6 is 11.6 Å². The number of halogens is 1. The van der Waals surface area contributed by atoms with Crippen molar-refractivity contribution < 1.29 is 4.42 Å². The Balaban J connectivity index is 1.26. The fourth-order valence-electron chi connectivity index (χ4n) is 3.28. The summed E-state index contributed by atoms with van der Waals surface area (Å²) < 4.78 is 5.82. The second-order valence-electron chi connectivity index (χ2n) is 6.87. The van der Waals surface area contributed by atoms with Crippen LogP contribution in [-0.2, 0) is 6.54 Å². The fraction of sp³-hybridized carbons (Fsp3) is 0.273. The van der Waals surface area contributed by atoms with Gasteiger partial charge >= 0.3 is 0 Å². The molecule has 0 amide bonds. The van der Waals surface area contributed by atoms with Crippen LogP contribution in [0.3, 0.4) is 0 Å². The lowest BCUT2D eigenvalue weighted by Crippen LogP contribution is -2.45. The average Bonchev–Trinajstić information content (AvgIpc) is 3.19. The molecule has 1 aromatic heterocycles. The Morgan fingerprint density at radius 1 is 0.893 bits per heavy atom. The molecule has 1 saturated heterocycles. The molecule has 1 aliphatic rings. The van der Waals surface area contributed by atoms with Crippen LogP contribution in [0, 0.1) is 0 Å². The van der Waals surface area contributed by atoms with Gasteiger partial charge in [-0.05, 0) is 17.7 Å². The van der Waals surface area contributed by atoms with Crippen molar-refractivity contribution in [2.75, 3.05) is 32.7 Å². The summed E-state index contributed by atoms with van der Waals surface area (Å²) in [5, 5.41) is 8.96. The summed E-state index contributed by atoms with van der Waals surface area (Å²) in [6.45, 7) is 5.69. The van der Waals surface area contributed by atoms with Crippen LogP contribution in [-0.4, -0.2) is 52.7 Å². The van der Waals surface area contributed by atoms with Crippen molar-refractivity contribution in [3.8, 4) is 11.5 Å². The minimum Gasteiger partial charge on any atom is -0.419 e. The third kappa shape index (κ3) is 4.87. The Kier molecular flexibility index (Phi) is 6.17. The predicted molar refractivity (Wildman–Crippen MR) is 112 cm³/mol. The molecule has 144 valence electrons. The Labute approximate surface area is 170 Å². The highest BCUT2D eigenvalue weighted by molar-refractivity contribution is 6.33. The molecule has 2 heterocycles. The average molecular weight is 395 g/mol. The highest BCUT2D eigenvalue weighted by Gasteiger charge is 2.19. The Morgan fingerprint density at radius 3 is 2.39 bits per heavy atom. The number of benzene rings is 2. The van der Waals surface area contributed by atoms with Crippen LogP contribution < -0.4 is 0 Å². The third-order valence-corrected chi connectivity index (χ3v) is 5.20. The maximum Gasteiger partial charge on any atom is 0.249 e. The van der Waals surface area contributed by atoms with E-state index in [0.29, 0.717) is 23.3 Å². The van der Waals surface area contributed by atoms with E-state index < -0.39 is 0 Å². The van der Waals surface area contributed by atoms with Crippen molar-refractivity contribution in [3.63, 3.8) is 0 Å². The highest BCUT2D eigenvalue weighted by atomic mass is 35.5. The monoisotopic (exact) mass is 394 g/mol. The third-order valence-electron chi connectivity index (χ3n) is 4.87. The molecular weight excluding hydrogens is 372 g/mol. The van der Waals surface area contributed by atoms with E-state index in [0.717, 1.165) is 38.3 Å². The molecule has 0 spiro atoms. The summed E-state index contributed by atoms with van der Waals surface area (Å²) in [7, 11) is 0. The van der Waals surface area contributed by atoms with Gasteiger partial charge in [0.05, 0.1) is 17.1 Å². The van der Waals surface area contributed by atoms with E-state index in [1.165, 1.54) is 5.56 Å². The first-order chi connectivity index (χ1) is 13.8. The van der Waals surface area contributed by atoms with E-state index in [2.05, 4.69) is 56.4 Å². The van der Waals surface area contributed by atoms with Gasteiger partial charge in [-0.25, -0.2) is 0 Å². The number of aromatic nitrogens is 2. The summed E-state index contributed by atoms with van der Waals surface area (Å²) in [5.41, 5.74) is 2.02. The number of hydrogen-bond acceptors (Lipinski definition) is 5. The fourth-order valence-corrected chi connectivity index (χ4v) is 3.50. The highest BCUT2D eigenvalue weighted by Crippen LogP contribution is 2.26. The number of nitrogens with zero attached hydrogens (tertiary/aromatic N) is 4. The van der Waals surface area contributed by atoms with Gasteiger partial charge in [-0.2, -0.15) is 0 Å². The second-order valence-corrected chi connectivity index (χ2v) is 7.28. The molecule has 28 heavy (non-hydrogen) atoms. The van der Waals surface area contributed by atoms with Crippen LogP contribution in [0.2, 0.25) is 5.02 Å². The maximum absolute atomic E-state index is 6.21. The quantitative estimate of drug-likeness (QED) is 0.626. The SMILES string of the molecule is Clc1ccccc1-c1nnc(CN2CCN(C/C=C/c3ccccc3)CC2)o1. The molecule has 0 saturated carbocycles. The summed E-state index contributed by atoms with van der Waals surface area (Å²) in [6, 6.07) is 17.9. The molecule has 0 radical (unpaired) electrons. The number of rotatable bonds is 6. The van der Waals surface area contributed by atoms with Gasteiger partial charge in [0.1, 0.15) is 0 Å². The molecule has 4 rings (SSSR count). The van der Waals surface area contributed by atoms with Gasteiger partial charge in [-0.3, -0.25) is 9.80 Å². The summed E-state index contributed by atoms with van der Waals surface area (Å²) in [6.07, 6.45) is 4.42. The zero-order valence-electron chi connectivity index (χ0n) is 15.7. The molecule has 5 nitrogen and oxygen atoms in total. The molecular formula is C22H23ClN4O. The van der Waals surface area contributed by atoms with E-state index in [1.807, 2.05) is 30.3 Å². The summed E-state index contributed by atoms with van der Waals surface area (Å²) >= 11 is 6.21. The van der Waals surface area contributed by atoms with E-state index >= 15 is 0 Å². The molecule has 0 atom stereocenters. The first kappa shape index (κ1) is 18.9. The van der Waals surface area contributed by atoms with Crippen molar-refractivity contribution in [2.45, 2.75) is 6.54 Å². The minimum absolute atomic E-state index is 0.477. The van der Waals surface area contributed by atoms with Gasteiger partial charge in [-0.1, -0.05) is 66.2 Å². The Hall–Kier alpha value is -2.47. The van der Waals surface area contributed by atoms with Gasteiger partial charge in [0.25, 0.3) is 0 Å². The summed E-state index contributed by atoms with van der Waals surface area (Å²) in [4.78, 5) is 4.81. The van der Waals surface area contributed by atoms with Gasteiger partial charge < -0.3 is 4.42 Å². The van der Waals surface area contributed by atoms with Crippen molar-refractivity contribution >= 4 is 17.7 Å². The summed E-state index contributed by atoms with van der Waals surface area (Å²) in [5.74, 6) is 1.11. The van der Waals surface area contributed by atoms with Crippen molar-refractivity contribution in [2.24, 2.45) is 0 Å². The van der Waals surface area contributed by atoms with Gasteiger partial charge in [0.15, 0.2) is 0 Å². The predicted octanol–water partition coefficient (Wildman–Crippen LogP) is 4.22. The molecule has 1 aliphatic heterocycles. The lowest BCUT2D eigenvalue weighted by molar-refractivity contribution is 0.128. The van der Waals surface area contributed by atoms with E-state index in [9.17, 15) is 0 Å². The topological polar surface area (TPSA) is 45.4 Å². The molecule has 0 unspecified atom stereocenters. The first-order valence-corrected chi connectivity index (χ1v) is 9.89. The number of hydrogen-bond donors (Lipinski definition) is 0. The zero-order valence-corrected chi connectivity index (χ0v) is 16.4. The van der Waals surface area contributed by atoms with Crippen molar-refractivity contribution in [3.05, 3.63) is 77.2 Å².